The van der Waals surface area contributed by atoms with E-state index >= 15 is 0 Å². The molecule has 0 radical (unpaired) electrons. The molecule has 0 bridgehead atoms. The number of furan rings is 1. The highest BCUT2D eigenvalue weighted by molar-refractivity contribution is 5.83. The van der Waals surface area contributed by atoms with Gasteiger partial charge in [-0.1, -0.05) is 6.92 Å². The fourth-order valence-corrected chi connectivity index (χ4v) is 2.05. The summed E-state index contributed by atoms with van der Waals surface area (Å²) in [6.45, 7) is 4.05. The zero-order valence-corrected chi connectivity index (χ0v) is 9.44. The zero-order chi connectivity index (χ0) is 11.4. The van der Waals surface area contributed by atoms with E-state index < -0.39 is 0 Å². The number of hydrogen-bond donors (Lipinski definition) is 1. The third-order valence-electron chi connectivity index (χ3n) is 2.89. The standard InChI is InChI=1S/C12H17NO3/c1-2-13-11-8-15-7-10(11)12(14)6-9-4-3-5-16-9/h3-5,10-11,13H,2,6-8H2,1H3. The zero-order valence-electron chi connectivity index (χ0n) is 9.44. The number of nitrogens with one attached hydrogen (secondary N) is 1. The molecule has 16 heavy (non-hydrogen) atoms. The molecular formula is C12H17NO3. The van der Waals surface area contributed by atoms with Crippen molar-refractivity contribution in [3.05, 3.63) is 24.2 Å². The second-order valence-electron chi connectivity index (χ2n) is 4.03. The minimum atomic E-state index is -0.0370. The summed E-state index contributed by atoms with van der Waals surface area (Å²) in [6.07, 6.45) is 1.96. The molecule has 2 heterocycles. The van der Waals surface area contributed by atoms with Crippen molar-refractivity contribution < 1.29 is 13.9 Å². The normalized spacial score (nSPS) is 24.8. The Morgan fingerprint density at radius 1 is 1.56 bits per heavy atom. The van der Waals surface area contributed by atoms with Crippen molar-refractivity contribution in [3.63, 3.8) is 0 Å². The Hall–Kier alpha value is -1.13. The first-order chi connectivity index (χ1) is 7.81. The Kier molecular flexibility index (Phi) is 3.74. The minimum Gasteiger partial charge on any atom is -0.469 e. The molecule has 1 fully saturated rings. The molecule has 2 unspecified atom stereocenters. The summed E-state index contributed by atoms with van der Waals surface area (Å²) in [5, 5.41) is 3.28. The summed E-state index contributed by atoms with van der Waals surface area (Å²) < 4.78 is 10.5. The van der Waals surface area contributed by atoms with Crippen LogP contribution in [0.25, 0.3) is 0 Å². The first-order valence-corrected chi connectivity index (χ1v) is 5.67. The van der Waals surface area contributed by atoms with Gasteiger partial charge in [0.15, 0.2) is 0 Å². The lowest BCUT2D eigenvalue weighted by molar-refractivity contribution is -0.122. The number of carbonyl (C=O) groups is 1. The fourth-order valence-electron chi connectivity index (χ4n) is 2.05. The van der Waals surface area contributed by atoms with Crippen molar-refractivity contribution in [2.24, 2.45) is 5.92 Å². The Morgan fingerprint density at radius 3 is 3.12 bits per heavy atom. The van der Waals surface area contributed by atoms with Crippen LogP contribution in [-0.2, 0) is 16.0 Å². The number of likely N-dealkylation sites (N-methyl/N-ethyl adjacent to an activating group) is 1. The second-order valence-corrected chi connectivity index (χ2v) is 4.03. The van der Waals surface area contributed by atoms with Crippen molar-refractivity contribution in [2.75, 3.05) is 19.8 Å². The van der Waals surface area contributed by atoms with E-state index in [0.717, 1.165) is 12.3 Å². The van der Waals surface area contributed by atoms with Gasteiger partial charge in [0.05, 0.1) is 31.8 Å². The summed E-state index contributed by atoms with van der Waals surface area (Å²) in [7, 11) is 0. The van der Waals surface area contributed by atoms with Crippen molar-refractivity contribution in [1.82, 2.24) is 5.32 Å². The maximum absolute atomic E-state index is 12.0. The molecule has 1 N–H and O–H groups in total. The number of carbonyl (C=O) groups excluding carboxylic acids is 1. The van der Waals surface area contributed by atoms with Crippen LogP contribution in [-0.4, -0.2) is 31.6 Å². The lowest BCUT2D eigenvalue weighted by Gasteiger charge is -2.16. The molecule has 0 aromatic carbocycles. The number of ether oxygens (including phenoxy) is 1. The molecule has 0 aliphatic carbocycles. The van der Waals surface area contributed by atoms with Gasteiger partial charge in [-0.15, -0.1) is 0 Å². The lowest BCUT2D eigenvalue weighted by atomic mass is 9.95. The van der Waals surface area contributed by atoms with Crippen molar-refractivity contribution in [1.29, 1.82) is 0 Å². The predicted molar refractivity (Wildman–Crippen MR) is 59.2 cm³/mol. The molecule has 2 rings (SSSR count). The van der Waals surface area contributed by atoms with Crippen LogP contribution in [0.4, 0.5) is 0 Å². The van der Waals surface area contributed by atoms with E-state index in [2.05, 4.69) is 5.32 Å². The number of hydrogen-bond acceptors (Lipinski definition) is 4. The molecule has 1 aromatic rings. The van der Waals surface area contributed by atoms with Crippen molar-refractivity contribution in [3.8, 4) is 0 Å². The monoisotopic (exact) mass is 223 g/mol. The Labute approximate surface area is 95.0 Å². The summed E-state index contributed by atoms with van der Waals surface area (Å²) in [5.74, 6) is 0.885. The molecule has 1 aliphatic heterocycles. The van der Waals surface area contributed by atoms with E-state index in [9.17, 15) is 4.79 Å². The topological polar surface area (TPSA) is 51.5 Å². The molecular weight excluding hydrogens is 206 g/mol. The van der Waals surface area contributed by atoms with Gasteiger partial charge in [0.25, 0.3) is 0 Å². The van der Waals surface area contributed by atoms with Crippen LogP contribution < -0.4 is 5.32 Å². The van der Waals surface area contributed by atoms with Gasteiger partial charge in [-0.2, -0.15) is 0 Å². The van der Waals surface area contributed by atoms with Gasteiger partial charge >= 0.3 is 0 Å². The van der Waals surface area contributed by atoms with Crippen LogP contribution in [0.15, 0.2) is 22.8 Å². The maximum atomic E-state index is 12.0. The van der Waals surface area contributed by atoms with Crippen molar-refractivity contribution >= 4 is 5.78 Å². The smallest absolute Gasteiger partial charge is 0.147 e. The Morgan fingerprint density at radius 2 is 2.44 bits per heavy atom. The lowest BCUT2D eigenvalue weighted by Crippen LogP contribution is -2.39. The fraction of sp³-hybridized carbons (Fsp3) is 0.583. The van der Waals surface area contributed by atoms with E-state index in [1.807, 2.05) is 13.0 Å². The SMILES string of the molecule is CCNC1COCC1C(=O)Cc1ccco1. The van der Waals surface area contributed by atoms with Crippen molar-refractivity contribution in [2.45, 2.75) is 19.4 Å². The van der Waals surface area contributed by atoms with Crippen LogP contribution in [0.1, 0.15) is 12.7 Å². The van der Waals surface area contributed by atoms with E-state index in [1.54, 1.807) is 12.3 Å². The van der Waals surface area contributed by atoms with Gasteiger partial charge < -0.3 is 14.5 Å². The van der Waals surface area contributed by atoms with Crippen LogP contribution in [0.3, 0.4) is 0 Å². The highest BCUT2D eigenvalue weighted by Crippen LogP contribution is 2.17. The number of ketones is 1. The molecule has 4 heteroatoms. The van der Waals surface area contributed by atoms with Gasteiger partial charge in [-0.05, 0) is 18.7 Å². The van der Waals surface area contributed by atoms with Gasteiger partial charge in [-0.3, -0.25) is 4.79 Å². The molecule has 1 aromatic heterocycles. The van der Waals surface area contributed by atoms with Gasteiger partial charge in [0, 0.05) is 6.04 Å². The Bertz CT molecular complexity index is 334. The highest BCUT2D eigenvalue weighted by Gasteiger charge is 2.33. The number of Topliss-reactive ketones (excluding diaryl/α,β-unsaturated/α-hetero) is 1. The average molecular weight is 223 g/mol. The van der Waals surface area contributed by atoms with Crippen LogP contribution in [0.2, 0.25) is 0 Å². The summed E-state index contributed by atoms with van der Waals surface area (Å²) in [4.78, 5) is 12.0. The molecule has 1 aliphatic rings. The predicted octanol–water partition coefficient (Wildman–Crippen LogP) is 1.02. The molecule has 0 amide bonds. The van der Waals surface area contributed by atoms with Crippen LogP contribution >= 0.6 is 0 Å². The van der Waals surface area contributed by atoms with Gasteiger partial charge in [0.2, 0.25) is 0 Å². The Balaban J connectivity index is 1.93. The molecule has 2 atom stereocenters. The minimum absolute atomic E-state index is 0.0370. The van der Waals surface area contributed by atoms with E-state index in [4.69, 9.17) is 9.15 Å². The van der Waals surface area contributed by atoms with Crippen LogP contribution in [0.5, 0.6) is 0 Å². The molecule has 0 spiro atoms. The number of rotatable bonds is 5. The van der Waals surface area contributed by atoms with Gasteiger partial charge in [0.1, 0.15) is 11.5 Å². The van der Waals surface area contributed by atoms with E-state index in [-0.39, 0.29) is 17.7 Å². The molecule has 1 saturated heterocycles. The van der Waals surface area contributed by atoms with E-state index in [1.165, 1.54) is 0 Å². The summed E-state index contributed by atoms with van der Waals surface area (Å²) in [6, 6.07) is 3.79. The molecule has 88 valence electrons. The average Bonchev–Trinajstić information content (AvgIpc) is 2.89. The quantitative estimate of drug-likeness (QED) is 0.809. The maximum Gasteiger partial charge on any atom is 0.147 e. The van der Waals surface area contributed by atoms with E-state index in [0.29, 0.717) is 19.6 Å². The summed E-state index contributed by atoms with van der Waals surface area (Å²) >= 11 is 0. The van der Waals surface area contributed by atoms with Crippen LogP contribution in [0, 0.1) is 5.92 Å². The first-order valence-electron chi connectivity index (χ1n) is 5.67. The second kappa shape index (κ2) is 5.27. The first kappa shape index (κ1) is 11.4. The molecule has 0 saturated carbocycles. The third kappa shape index (κ3) is 2.51. The molecule has 4 nitrogen and oxygen atoms in total. The highest BCUT2D eigenvalue weighted by atomic mass is 16.5. The third-order valence-corrected chi connectivity index (χ3v) is 2.89. The summed E-state index contributed by atoms with van der Waals surface area (Å²) in [5.41, 5.74) is 0. The van der Waals surface area contributed by atoms with Gasteiger partial charge in [-0.25, -0.2) is 0 Å². The largest absolute Gasteiger partial charge is 0.469 e.